The second kappa shape index (κ2) is 6.89. The van der Waals surface area contributed by atoms with Crippen molar-refractivity contribution in [2.24, 2.45) is 0 Å². The molecule has 0 aliphatic rings. The van der Waals surface area contributed by atoms with Gasteiger partial charge in [0, 0.05) is 4.88 Å². The summed E-state index contributed by atoms with van der Waals surface area (Å²) in [5, 5.41) is 2.54. The van der Waals surface area contributed by atoms with Crippen molar-refractivity contribution in [3.8, 4) is 0 Å². The number of aromatic nitrogens is 1. The zero-order valence-corrected chi connectivity index (χ0v) is 14.5. The number of esters is 1. The van der Waals surface area contributed by atoms with Gasteiger partial charge in [-0.2, -0.15) is 13.2 Å². The second-order valence-electron chi connectivity index (χ2n) is 4.69. The van der Waals surface area contributed by atoms with Gasteiger partial charge in [-0.15, -0.1) is 22.7 Å². The summed E-state index contributed by atoms with van der Waals surface area (Å²) in [4.78, 5) is 27.7. The first-order chi connectivity index (χ1) is 11.2. The highest BCUT2D eigenvalue weighted by atomic mass is 32.1. The largest absolute Gasteiger partial charge is 0.462 e. The number of hydrogen-bond donors (Lipinski definition) is 1. The summed E-state index contributed by atoms with van der Waals surface area (Å²) in [6.45, 7) is 5.21. The molecule has 2 heterocycles. The quantitative estimate of drug-likeness (QED) is 0.807. The Morgan fingerprint density at radius 3 is 2.58 bits per heavy atom. The summed E-state index contributed by atoms with van der Waals surface area (Å²) in [6, 6.07) is 0. The normalized spacial score (nSPS) is 11.4. The Kier molecular flexibility index (Phi) is 5.29. The molecule has 130 valence electrons. The number of carbonyl (C=O) groups excluding carboxylic acids is 2. The Morgan fingerprint density at radius 2 is 2.00 bits per heavy atom. The molecule has 0 fully saturated rings. The van der Waals surface area contributed by atoms with Crippen molar-refractivity contribution in [3.63, 3.8) is 0 Å². The minimum atomic E-state index is -4.72. The molecular formula is C14H13F3N2O3S2. The van der Waals surface area contributed by atoms with E-state index in [-0.39, 0.29) is 17.2 Å². The SMILES string of the molecule is CCOC(=O)c1c(NC(=O)c2scnc2C(F)(F)F)sc(C)c1C. The maximum Gasteiger partial charge on any atom is 0.434 e. The van der Waals surface area contributed by atoms with Gasteiger partial charge in [-0.05, 0) is 26.3 Å². The number of anilines is 1. The van der Waals surface area contributed by atoms with Crippen LogP contribution in [-0.4, -0.2) is 23.5 Å². The number of ether oxygens (including phenoxy) is 1. The molecule has 0 aliphatic carbocycles. The molecule has 0 saturated heterocycles. The fraction of sp³-hybridized carbons (Fsp3) is 0.357. The minimum absolute atomic E-state index is 0.146. The van der Waals surface area contributed by atoms with Crippen LogP contribution in [0.3, 0.4) is 0 Å². The van der Waals surface area contributed by atoms with Gasteiger partial charge in [0.25, 0.3) is 5.91 Å². The predicted octanol–water partition coefficient (Wildman–Crippen LogP) is 4.27. The molecule has 5 nitrogen and oxygen atoms in total. The number of hydrogen-bond acceptors (Lipinski definition) is 6. The van der Waals surface area contributed by atoms with Crippen LogP contribution in [0.15, 0.2) is 5.51 Å². The van der Waals surface area contributed by atoms with E-state index in [9.17, 15) is 22.8 Å². The summed E-state index contributed by atoms with van der Waals surface area (Å²) in [7, 11) is 0. The Balaban J connectivity index is 2.36. The van der Waals surface area contributed by atoms with Gasteiger partial charge in [0.1, 0.15) is 9.88 Å². The third-order valence-corrected chi connectivity index (χ3v) is 5.08. The number of alkyl halides is 3. The van der Waals surface area contributed by atoms with Crippen molar-refractivity contribution in [1.29, 1.82) is 0 Å². The van der Waals surface area contributed by atoms with Gasteiger partial charge in [-0.25, -0.2) is 9.78 Å². The van der Waals surface area contributed by atoms with Gasteiger partial charge in [0.05, 0.1) is 17.7 Å². The second-order valence-corrected chi connectivity index (χ2v) is 6.77. The standard InChI is InChI=1S/C14H13F3N2O3S2/c1-4-22-13(21)8-6(2)7(3)24-12(8)19-11(20)9-10(14(15,16)17)18-5-23-9/h5H,4H2,1-3H3,(H,19,20). The third kappa shape index (κ3) is 3.59. The number of nitrogens with zero attached hydrogens (tertiary/aromatic N) is 1. The molecule has 24 heavy (non-hydrogen) atoms. The fourth-order valence-corrected chi connectivity index (χ4v) is 3.68. The number of thiazole rings is 1. The molecule has 2 rings (SSSR count). The van der Waals surface area contributed by atoms with Gasteiger partial charge in [-0.3, -0.25) is 4.79 Å². The predicted molar refractivity (Wildman–Crippen MR) is 84.8 cm³/mol. The number of thiophene rings is 1. The molecular weight excluding hydrogens is 365 g/mol. The van der Waals surface area contributed by atoms with Crippen LogP contribution in [0, 0.1) is 13.8 Å². The van der Waals surface area contributed by atoms with Crippen molar-refractivity contribution in [1.82, 2.24) is 4.98 Å². The van der Waals surface area contributed by atoms with Crippen LogP contribution in [0.2, 0.25) is 0 Å². The van der Waals surface area contributed by atoms with Crippen LogP contribution in [0.25, 0.3) is 0 Å². The summed E-state index contributed by atoms with van der Waals surface area (Å²) in [5.74, 6) is -1.59. The summed E-state index contributed by atoms with van der Waals surface area (Å²) in [5.41, 5.74) is 0.488. The van der Waals surface area contributed by atoms with Gasteiger partial charge in [0.2, 0.25) is 0 Å². The maximum absolute atomic E-state index is 12.8. The summed E-state index contributed by atoms with van der Waals surface area (Å²) in [6.07, 6.45) is -4.72. The first-order valence-electron chi connectivity index (χ1n) is 6.75. The topological polar surface area (TPSA) is 68.3 Å². The molecule has 0 unspecified atom stereocenters. The van der Waals surface area contributed by atoms with Gasteiger partial charge in [-0.1, -0.05) is 0 Å². The van der Waals surface area contributed by atoms with Crippen molar-refractivity contribution >= 4 is 39.6 Å². The highest BCUT2D eigenvalue weighted by molar-refractivity contribution is 7.17. The van der Waals surface area contributed by atoms with Crippen LogP contribution in [0.5, 0.6) is 0 Å². The van der Waals surface area contributed by atoms with Crippen molar-refractivity contribution in [2.45, 2.75) is 26.9 Å². The van der Waals surface area contributed by atoms with Gasteiger partial charge < -0.3 is 10.1 Å². The lowest BCUT2D eigenvalue weighted by atomic mass is 10.1. The molecule has 0 spiro atoms. The third-order valence-electron chi connectivity index (χ3n) is 3.13. The summed E-state index contributed by atoms with van der Waals surface area (Å²) < 4.78 is 43.5. The molecule has 0 aromatic carbocycles. The molecule has 1 N–H and O–H groups in total. The number of halogens is 3. The van der Waals surface area contributed by atoms with Gasteiger partial charge in [0.15, 0.2) is 5.69 Å². The van der Waals surface area contributed by atoms with E-state index in [1.54, 1.807) is 20.8 Å². The van der Waals surface area contributed by atoms with E-state index in [0.717, 1.165) is 21.7 Å². The van der Waals surface area contributed by atoms with Crippen LogP contribution in [0.4, 0.5) is 18.2 Å². The lowest BCUT2D eigenvalue weighted by Crippen LogP contribution is -2.18. The van der Waals surface area contributed by atoms with E-state index in [2.05, 4.69) is 10.3 Å². The van der Waals surface area contributed by atoms with E-state index >= 15 is 0 Å². The number of rotatable bonds is 4. The molecule has 1 amide bonds. The van der Waals surface area contributed by atoms with E-state index in [1.807, 2.05) is 0 Å². The van der Waals surface area contributed by atoms with Crippen LogP contribution >= 0.6 is 22.7 Å². The maximum atomic E-state index is 12.8. The molecule has 0 bridgehead atoms. The van der Waals surface area contributed by atoms with Crippen molar-refractivity contribution < 1.29 is 27.5 Å². The average molecular weight is 378 g/mol. The van der Waals surface area contributed by atoms with Crippen LogP contribution in [0.1, 0.15) is 43.1 Å². The summed E-state index contributed by atoms with van der Waals surface area (Å²) >= 11 is 1.69. The zero-order valence-electron chi connectivity index (χ0n) is 12.9. The smallest absolute Gasteiger partial charge is 0.434 e. The molecule has 2 aromatic heterocycles. The number of carbonyl (C=O) groups is 2. The van der Waals surface area contributed by atoms with E-state index < -0.39 is 28.6 Å². The fourth-order valence-electron chi connectivity index (χ4n) is 1.93. The Morgan fingerprint density at radius 1 is 1.33 bits per heavy atom. The lowest BCUT2D eigenvalue weighted by Gasteiger charge is -2.08. The van der Waals surface area contributed by atoms with Crippen LogP contribution in [-0.2, 0) is 10.9 Å². The van der Waals surface area contributed by atoms with Crippen LogP contribution < -0.4 is 5.32 Å². The Hall–Kier alpha value is -1.94. The molecule has 0 atom stereocenters. The van der Waals surface area contributed by atoms with Crippen molar-refractivity contribution in [3.05, 3.63) is 32.1 Å². The molecule has 0 aliphatic heterocycles. The van der Waals surface area contributed by atoms with Crippen molar-refractivity contribution in [2.75, 3.05) is 11.9 Å². The molecule has 0 saturated carbocycles. The van der Waals surface area contributed by atoms with E-state index in [4.69, 9.17) is 4.74 Å². The number of nitrogens with one attached hydrogen (secondary N) is 1. The molecule has 2 aromatic rings. The Bertz CT molecular complexity index is 781. The first kappa shape index (κ1) is 18.4. The minimum Gasteiger partial charge on any atom is -0.462 e. The highest BCUT2D eigenvalue weighted by Crippen LogP contribution is 2.36. The number of aryl methyl sites for hydroxylation is 1. The zero-order chi connectivity index (χ0) is 18.1. The van der Waals surface area contributed by atoms with Gasteiger partial charge >= 0.3 is 12.1 Å². The lowest BCUT2D eigenvalue weighted by molar-refractivity contribution is -0.141. The van der Waals surface area contributed by atoms with E-state index in [0.29, 0.717) is 16.9 Å². The molecule has 0 radical (unpaired) electrons. The van der Waals surface area contributed by atoms with E-state index in [1.165, 1.54) is 0 Å². The first-order valence-corrected chi connectivity index (χ1v) is 8.45. The molecule has 10 heteroatoms. The monoisotopic (exact) mass is 378 g/mol. The average Bonchev–Trinajstić information content (AvgIpc) is 3.05. The Labute approximate surface area is 143 Å². The number of amides is 1. The highest BCUT2D eigenvalue weighted by Gasteiger charge is 2.38.